The highest BCUT2D eigenvalue weighted by Crippen LogP contribution is 2.18. The molecule has 0 atom stereocenters. The maximum absolute atomic E-state index is 11.8. The summed E-state index contributed by atoms with van der Waals surface area (Å²) in [6, 6.07) is 5.79. The first-order valence-corrected chi connectivity index (χ1v) is 6.10. The van der Waals surface area contributed by atoms with Gasteiger partial charge in [-0.2, -0.15) is 0 Å². The number of hydrogen-bond donors (Lipinski definition) is 1. The highest BCUT2D eigenvalue weighted by atomic mass is 16.5. The van der Waals surface area contributed by atoms with E-state index in [2.05, 4.69) is 5.32 Å². The van der Waals surface area contributed by atoms with Gasteiger partial charge in [0.2, 0.25) is 0 Å². The van der Waals surface area contributed by atoms with E-state index < -0.39 is 5.97 Å². The SMILES string of the molecule is Cc1ccc(C(=O)OCC(=O)NC2CC2)c(C)c1. The number of aryl methyl sites for hydroxylation is 2. The molecular weight excluding hydrogens is 230 g/mol. The standard InChI is InChI=1S/C14H17NO3/c1-9-3-6-12(10(2)7-9)14(17)18-8-13(16)15-11-4-5-11/h3,6-7,11H,4-5,8H2,1-2H3,(H,15,16). The van der Waals surface area contributed by atoms with Crippen molar-refractivity contribution in [3.63, 3.8) is 0 Å². The van der Waals surface area contributed by atoms with E-state index in [1.54, 1.807) is 6.07 Å². The van der Waals surface area contributed by atoms with Gasteiger partial charge in [0.25, 0.3) is 5.91 Å². The fourth-order valence-corrected chi connectivity index (χ4v) is 1.75. The maximum atomic E-state index is 11.8. The van der Waals surface area contributed by atoms with Crippen molar-refractivity contribution >= 4 is 11.9 Å². The zero-order valence-electron chi connectivity index (χ0n) is 10.7. The molecule has 1 aliphatic carbocycles. The Hall–Kier alpha value is -1.84. The number of nitrogens with one attached hydrogen (secondary N) is 1. The van der Waals surface area contributed by atoms with E-state index in [1.165, 1.54) is 0 Å². The van der Waals surface area contributed by atoms with Crippen LogP contribution >= 0.6 is 0 Å². The van der Waals surface area contributed by atoms with Crippen LogP contribution in [0.1, 0.15) is 34.3 Å². The quantitative estimate of drug-likeness (QED) is 0.824. The lowest BCUT2D eigenvalue weighted by atomic mass is 10.1. The molecule has 1 saturated carbocycles. The van der Waals surface area contributed by atoms with E-state index in [1.807, 2.05) is 26.0 Å². The Morgan fingerprint density at radius 2 is 2.06 bits per heavy atom. The van der Waals surface area contributed by atoms with Crippen LogP contribution in [0.2, 0.25) is 0 Å². The smallest absolute Gasteiger partial charge is 0.338 e. The first-order valence-electron chi connectivity index (χ1n) is 6.10. The molecule has 0 saturated heterocycles. The summed E-state index contributed by atoms with van der Waals surface area (Å²) in [7, 11) is 0. The van der Waals surface area contributed by atoms with Crippen LogP contribution in [0.25, 0.3) is 0 Å². The number of hydrogen-bond acceptors (Lipinski definition) is 3. The lowest BCUT2D eigenvalue weighted by Gasteiger charge is -2.08. The van der Waals surface area contributed by atoms with Crippen LogP contribution in [-0.2, 0) is 9.53 Å². The molecule has 1 amide bonds. The van der Waals surface area contributed by atoms with Gasteiger partial charge in [-0.1, -0.05) is 17.7 Å². The number of rotatable bonds is 4. The van der Waals surface area contributed by atoms with Crippen molar-refractivity contribution in [1.82, 2.24) is 5.32 Å². The normalized spacial score (nSPS) is 14.1. The van der Waals surface area contributed by atoms with Gasteiger partial charge in [-0.3, -0.25) is 4.79 Å². The summed E-state index contributed by atoms with van der Waals surface area (Å²) in [6.45, 7) is 3.61. The number of esters is 1. The first kappa shape index (κ1) is 12.6. The Morgan fingerprint density at radius 3 is 2.67 bits per heavy atom. The van der Waals surface area contributed by atoms with Crippen molar-refractivity contribution < 1.29 is 14.3 Å². The van der Waals surface area contributed by atoms with Crippen LogP contribution in [0.5, 0.6) is 0 Å². The zero-order chi connectivity index (χ0) is 13.1. The van der Waals surface area contributed by atoms with Gasteiger partial charge in [0.15, 0.2) is 6.61 Å². The minimum absolute atomic E-state index is 0.206. The predicted molar refractivity (Wildman–Crippen MR) is 67.4 cm³/mol. The van der Waals surface area contributed by atoms with Gasteiger partial charge < -0.3 is 10.1 Å². The van der Waals surface area contributed by atoms with Crippen molar-refractivity contribution in [2.45, 2.75) is 32.7 Å². The fourth-order valence-electron chi connectivity index (χ4n) is 1.75. The Balaban J connectivity index is 1.88. The fraction of sp³-hybridized carbons (Fsp3) is 0.429. The number of carbonyl (C=O) groups is 2. The van der Waals surface area contributed by atoms with Crippen LogP contribution in [0.3, 0.4) is 0 Å². The second-order valence-corrected chi connectivity index (χ2v) is 4.74. The molecule has 1 aromatic rings. The molecule has 4 heteroatoms. The number of benzene rings is 1. The van der Waals surface area contributed by atoms with E-state index in [0.717, 1.165) is 24.0 Å². The molecule has 0 unspecified atom stereocenters. The number of ether oxygens (including phenoxy) is 1. The van der Waals surface area contributed by atoms with Crippen molar-refractivity contribution in [3.8, 4) is 0 Å². The van der Waals surface area contributed by atoms with Crippen LogP contribution < -0.4 is 5.32 Å². The Bertz CT molecular complexity index is 478. The number of carbonyl (C=O) groups excluding carboxylic acids is 2. The zero-order valence-corrected chi connectivity index (χ0v) is 10.7. The van der Waals surface area contributed by atoms with Crippen molar-refractivity contribution in [1.29, 1.82) is 0 Å². The molecule has 1 fully saturated rings. The van der Waals surface area contributed by atoms with E-state index in [4.69, 9.17) is 4.74 Å². The monoisotopic (exact) mass is 247 g/mol. The molecule has 18 heavy (non-hydrogen) atoms. The predicted octanol–water partition coefficient (Wildman–Crippen LogP) is 1.74. The largest absolute Gasteiger partial charge is 0.452 e. The third-order valence-electron chi connectivity index (χ3n) is 2.88. The van der Waals surface area contributed by atoms with Gasteiger partial charge >= 0.3 is 5.97 Å². The van der Waals surface area contributed by atoms with Crippen LogP contribution in [0.4, 0.5) is 0 Å². The molecule has 0 radical (unpaired) electrons. The average Bonchev–Trinajstić information content (AvgIpc) is 3.10. The minimum Gasteiger partial charge on any atom is -0.452 e. The van der Waals surface area contributed by atoms with Crippen LogP contribution in [-0.4, -0.2) is 24.5 Å². The molecule has 0 bridgehead atoms. The van der Waals surface area contributed by atoms with Gasteiger partial charge in [0, 0.05) is 6.04 Å². The molecule has 1 aliphatic rings. The second-order valence-electron chi connectivity index (χ2n) is 4.74. The molecular formula is C14H17NO3. The third-order valence-corrected chi connectivity index (χ3v) is 2.88. The molecule has 1 N–H and O–H groups in total. The van der Waals surface area contributed by atoms with E-state index in [-0.39, 0.29) is 18.6 Å². The Labute approximate surface area is 106 Å². The summed E-state index contributed by atoms with van der Waals surface area (Å²) in [5.41, 5.74) is 2.47. The first-order chi connectivity index (χ1) is 8.56. The van der Waals surface area contributed by atoms with Gasteiger partial charge in [0.05, 0.1) is 5.56 Å². The third kappa shape index (κ3) is 3.32. The molecule has 96 valence electrons. The van der Waals surface area contributed by atoms with Crippen molar-refractivity contribution in [3.05, 3.63) is 34.9 Å². The van der Waals surface area contributed by atoms with Crippen LogP contribution in [0.15, 0.2) is 18.2 Å². The van der Waals surface area contributed by atoms with E-state index >= 15 is 0 Å². The minimum atomic E-state index is -0.446. The highest BCUT2D eigenvalue weighted by molar-refractivity contribution is 5.92. The van der Waals surface area contributed by atoms with Gasteiger partial charge in [-0.05, 0) is 38.3 Å². The van der Waals surface area contributed by atoms with E-state index in [0.29, 0.717) is 5.56 Å². The maximum Gasteiger partial charge on any atom is 0.338 e. The summed E-state index contributed by atoms with van der Waals surface area (Å²) < 4.78 is 4.99. The Morgan fingerprint density at radius 1 is 1.33 bits per heavy atom. The average molecular weight is 247 g/mol. The summed E-state index contributed by atoms with van der Waals surface area (Å²) in [4.78, 5) is 23.2. The molecule has 0 aliphatic heterocycles. The number of amides is 1. The summed E-state index contributed by atoms with van der Waals surface area (Å²) in [6.07, 6.45) is 2.05. The lowest BCUT2D eigenvalue weighted by Crippen LogP contribution is -2.30. The molecule has 0 heterocycles. The molecule has 0 aromatic heterocycles. The van der Waals surface area contributed by atoms with Crippen molar-refractivity contribution in [2.75, 3.05) is 6.61 Å². The van der Waals surface area contributed by atoms with E-state index in [9.17, 15) is 9.59 Å². The Kier molecular flexibility index (Phi) is 3.65. The molecule has 1 aromatic carbocycles. The van der Waals surface area contributed by atoms with Gasteiger partial charge in [-0.25, -0.2) is 4.79 Å². The van der Waals surface area contributed by atoms with Crippen molar-refractivity contribution in [2.24, 2.45) is 0 Å². The lowest BCUT2D eigenvalue weighted by molar-refractivity contribution is -0.124. The molecule has 2 rings (SSSR count). The van der Waals surface area contributed by atoms with Gasteiger partial charge in [-0.15, -0.1) is 0 Å². The van der Waals surface area contributed by atoms with Gasteiger partial charge in [0.1, 0.15) is 0 Å². The molecule has 4 nitrogen and oxygen atoms in total. The molecule has 0 spiro atoms. The summed E-state index contributed by atoms with van der Waals surface area (Å²) >= 11 is 0. The second kappa shape index (κ2) is 5.21. The topological polar surface area (TPSA) is 55.4 Å². The van der Waals surface area contributed by atoms with Crippen LogP contribution in [0, 0.1) is 13.8 Å². The summed E-state index contributed by atoms with van der Waals surface area (Å²) in [5.74, 6) is -0.672. The summed E-state index contributed by atoms with van der Waals surface area (Å²) in [5, 5.41) is 2.77. The highest BCUT2D eigenvalue weighted by Gasteiger charge is 2.23.